The summed E-state index contributed by atoms with van der Waals surface area (Å²) in [5.41, 5.74) is 2.98. The van der Waals surface area contributed by atoms with Crippen molar-refractivity contribution in [3.05, 3.63) is 46.9 Å². The fourth-order valence-corrected chi connectivity index (χ4v) is 4.67. The zero-order chi connectivity index (χ0) is 19.3. The van der Waals surface area contributed by atoms with Gasteiger partial charge in [0.05, 0.1) is 6.33 Å². The number of imidazole rings is 1. The highest BCUT2D eigenvalue weighted by Gasteiger charge is 2.40. The van der Waals surface area contributed by atoms with Crippen LogP contribution < -0.4 is 10.5 Å². The van der Waals surface area contributed by atoms with Gasteiger partial charge in [-0.2, -0.15) is 0 Å². The SMILES string of the molecule is CCn1cnc2c(N3CC4CN(Cc5ccn(C)c(=O)c5)CC4C3)ncnc21. The first-order chi connectivity index (χ1) is 13.6. The summed E-state index contributed by atoms with van der Waals surface area (Å²) in [6.45, 7) is 7.94. The van der Waals surface area contributed by atoms with Crippen LogP contribution in [0.25, 0.3) is 11.2 Å². The summed E-state index contributed by atoms with van der Waals surface area (Å²) in [5.74, 6) is 2.22. The van der Waals surface area contributed by atoms with E-state index in [0.29, 0.717) is 11.8 Å². The van der Waals surface area contributed by atoms with Crippen LogP contribution >= 0.6 is 0 Å². The Bertz CT molecular complexity index is 1060. The van der Waals surface area contributed by atoms with Crippen molar-refractivity contribution in [3.63, 3.8) is 0 Å². The second-order valence-corrected chi connectivity index (χ2v) is 8.00. The molecular formula is C20H25N7O. The lowest BCUT2D eigenvalue weighted by Gasteiger charge is -2.22. The Labute approximate surface area is 163 Å². The summed E-state index contributed by atoms with van der Waals surface area (Å²) >= 11 is 0. The molecule has 8 heteroatoms. The monoisotopic (exact) mass is 379 g/mol. The van der Waals surface area contributed by atoms with Crippen LogP contribution in [-0.2, 0) is 20.1 Å². The molecule has 0 bridgehead atoms. The van der Waals surface area contributed by atoms with E-state index in [9.17, 15) is 4.79 Å². The second-order valence-electron chi connectivity index (χ2n) is 8.00. The molecule has 2 unspecified atom stereocenters. The van der Waals surface area contributed by atoms with Crippen molar-refractivity contribution in [2.45, 2.75) is 20.0 Å². The summed E-state index contributed by atoms with van der Waals surface area (Å²) < 4.78 is 3.67. The highest BCUT2D eigenvalue weighted by atomic mass is 16.1. The molecule has 0 saturated carbocycles. The smallest absolute Gasteiger partial charge is 0.250 e. The van der Waals surface area contributed by atoms with Gasteiger partial charge in [0.15, 0.2) is 17.0 Å². The van der Waals surface area contributed by atoms with Crippen molar-refractivity contribution < 1.29 is 0 Å². The molecular weight excluding hydrogens is 354 g/mol. The fraction of sp³-hybridized carbons (Fsp3) is 0.500. The average molecular weight is 379 g/mol. The highest BCUT2D eigenvalue weighted by Crippen LogP contribution is 2.35. The van der Waals surface area contributed by atoms with Gasteiger partial charge in [0.25, 0.3) is 5.56 Å². The number of hydrogen-bond acceptors (Lipinski definition) is 6. The van der Waals surface area contributed by atoms with Gasteiger partial charge in [-0.1, -0.05) is 0 Å². The third kappa shape index (κ3) is 2.88. The maximum absolute atomic E-state index is 11.9. The summed E-state index contributed by atoms with van der Waals surface area (Å²) in [7, 11) is 1.79. The number of nitrogens with zero attached hydrogens (tertiary/aromatic N) is 7. The van der Waals surface area contributed by atoms with Crippen molar-refractivity contribution in [2.75, 3.05) is 31.1 Å². The van der Waals surface area contributed by atoms with Crippen LogP contribution in [-0.4, -0.2) is 55.2 Å². The quantitative estimate of drug-likeness (QED) is 0.676. The molecule has 5 rings (SSSR count). The van der Waals surface area contributed by atoms with Crippen LogP contribution in [0.5, 0.6) is 0 Å². The van der Waals surface area contributed by atoms with E-state index in [2.05, 4.69) is 36.2 Å². The van der Waals surface area contributed by atoms with Gasteiger partial charge < -0.3 is 14.0 Å². The number of aromatic nitrogens is 5. The average Bonchev–Trinajstić information content (AvgIpc) is 3.37. The lowest BCUT2D eigenvalue weighted by atomic mass is 10.0. The van der Waals surface area contributed by atoms with Gasteiger partial charge in [0, 0.05) is 58.6 Å². The molecule has 146 valence electrons. The normalized spacial score (nSPS) is 22.3. The maximum Gasteiger partial charge on any atom is 0.250 e. The van der Waals surface area contributed by atoms with Crippen molar-refractivity contribution >= 4 is 17.0 Å². The predicted octanol–water partition coefficient (Wildman–Crippen LogP) is 1.11. The van der Waals surface area contributed by atoms with E-state index in [1.165, 1.54) is 0 Å². The molecule has 0 N–H and O–H groups in total. The van der Waals surface area contributed by atoms with E-state index in [-0.39, 0.29) is 5.56 Å². The van der Waals surface area contributed by atoms with Gasteiger partial charge >= 0.3 is 0 Å². The summed E-state index contributed by atoms with van der Waals surface area (Å²) in [6.07, 6.45) is 5.36. The predicted molar refractivity (Wildman–Crippen MR) is 107 cm³/mol. The lowest BCUT2D eigenvalue weighted by Crippen LogP contribution is -2.29. The van der Waals surface area contributed by atoms with Crippen LogP contribution in [0.3, 0.4) is 0 Å². The third-order valence-corrected chi connectivity index (χ3v) is 6.16. The standard InChI is InChI=1S/C20H25N7O/c1-3-26-13-23-18-19(26)21-12-22-20(18)27-10-15-8-25(9-16(15)11-27)7-14-4-5-24(2)17(28)6-14/h4-6,12-13,15-16H,3,7-11H2,1-2H3. The summed E-state index contributed by atoms with van der Waals surface area (Å²) in [4.78, 5) is 30.3. The molecule has 3 aromatic heterocycles. The van der Waals surface area contributed by atoms with Crippen LogP contribution in [0.2, 0.25) is 0 Å². The maximum atomic E-state index is 11.9. The molecule has 8 nitrogen and oxygen atoms in total. The topological polar surface area (TPSA) is 72.1 Å². The molecule has 28 heavy (non-hydrogen) atoms. The Morgan fingerprint density at radius 3 is 2.61 bits per heavy atom. The van der Waals surface area contributed by atoms with Gasteiger partial charge in [-0.15, -0.1) is 0 Å². The molecule has 3 aromatic rings. The Morgan fingerprint density at radius 2 is 1.89 bits per heavy atom. The summed E-state index contributed by atoms with van der Waals surface area (Å²) in [6, 6.07) is 3.80. The van der Waals surface area contributed by atoms with Crippen molar-refractivity contribution in [3.8, 4) is 0 Å². The largest absolute Gasteiger partial charge is 0.354 e. The lowest BCUT2D eigenvalue weighted by molar-refractivity contribution is 0.308. The van der Waals surface area contributed by atoms with Crippen LogP contribution in [0.15, 0.2) is 35.8 Å². The molecule has 0 spiro atoms. The molecule has 0 radical (unpaired) electrons. The zero-order valence-corrected chi connectivity index (χ0v) is 16.3. The Kier molecular flexibility index (Phi) is 4.16. The minimum absolute atomic E-state index is 0.0577. The van der Waals surface area contributed by atoms with Gasteiger partial charge in [-0.25, -0.2) is 15.0 Å². The molecule has 2 atom stereocenters. The third-order valence-electron chi connectivity index (χ3n) is 6.16. The summed E-state index contributed by atoms with van der Waals surface area (Å²) in [5, 5.41) is 0. The van der Waals surface area contributed by atoms with Crippen LogP contribution in [0.1, 0.15) is 12.5 Å². The van der Waals surface area contributed by atoms with E-state index in [4.69, 9.17) is 0 Å². The first kappa shape index (κ1) is 17.4. The molecule has 2 aliphatic heterocycles. The molecule has 0 aromatic carbocycles. The van der Waals surface area contributed by atoms with E-state index in [0.717, 1.165) is 61.8 Å². The number of likely N-dealkylation sites (tertiary alicyclic amines) is 1. The molecule has 2 fully saturated rings. The van der Waals surface area contributed by atoms with Gasteiger partial charge in [-0.3, -0.25) is 9.69 Å². The van der Waals surface area contributed by atoms with Crippen molar-refractivity contribution in [2.24, 2.45) is 18.9 Å². The van der Waals surface area contributed by atoms with Gasteiger partial charge in [-0.05, 0) is 30.4 Å². The number of hydrogen-bond donors (Lipinski definition) is 0. The fourth-order valence-electron chi connectivity index (χ4n) is 4.67. The van der Waals surface area contributed by atoms with Gasteiger partial charge in [0.2, 0.25) is 0 Å². The number of pyridine rings is 1. The van der Waals surface area contributed by atoms with Gasteiger partial charge in [0.1, 0.15) is 6.33 Å². The molecule has 5 heterocycles. The Morgan fingerprint density at radius 1 is 1.11 bits per heavy atom. The number of aryl methyl sites for hydroxylation is 2. The minimum Gasteiger partial charge on any atom is -0.354 e. The first-order valence-electron chi connectivity index (χ1n) is 9.91. The molecule has 0 amide bonds. The van der Waals surface area contributed by atoms with E-state index in [1.807, 2.05) is 18.6 Å². The molecule has 2 aliphatic rings. The van der Waals surface area contributed by atoms with Crippen molar-refractivity contribution in [1.82, 2.24) is 29.0 Å². The second kappa shape index (κ2) is 6.70. The van der Waals surface area contributed by atoms with E-state index >= 15 is 0 Å². The van der Waals surface area contributed by atoms with Crippen LogP contribution in [0, 0.1) is 11.8 Å². The Hall–Kier alpha value is -2.74. The Balaban J connectivity index is 1.29. The van der Waals surface area contributed by atoms with Crippen molar-refractivity contribution in [1.29, 1.82) is 0 Å². The molecule has 0 aliphatic carbocycles. The number of rotatable bonds is 4. The molecule has 2 saturated heterocycles. The van der Waals surface area contributed by atoms with E-state index < -0.39 is 0 Å². The number of anilines is 1. The van der Waals surface area contributed by atoms with E-state index in [1.54, 1.807) is 24.0 Å². The number of fused-ring (bicyclic) bond motifs is 2. The minimum atomic E-state index is 0.0577. The zero-order valence-electron chi connectivity index (χ0n) is 16.3. The highest BCUT2D eigenvalue weighted by molar-refractivity contribution is 5.83. The first-order valence-corrected chi connectivity index (χ1v) is 9.91. The van der Waals surface area contributed by atoms with Crippen LogP contribution in [0.4, 0.5) is 5.82 Å².